The van der Waals surface area contributed by atoms with Crippen LogP contribution in [-0.4, -0.2) is 23.0 Å². The van der Waals surface area contributed by atoms with E-state index in [2.05, 4.69) is 20.6 Å². The zero-order chi connectivity index (χ0) is 20.1. The van der Waals surface area contributed by atoms with E-state index in [4.69, 9.17) is 16.3 Å². The third-order valence-electron chi connectivity index (χ3n) is 4.19. The molecule has 0 atom stereocenters. The number of anilines is 2. The molecule has 0 spiro atoms. The summed E-state index contributed by atoms with van der Waals surface area (Å²) < 4.78 is 5.35. The summed E-state index contributed by atoms with van der Waals surface area (Å²) in [6.45, 7) is 4.34. The lowest BCUT2D eigenvalue weighted by atomic mass is 10.1. The summed E-state index contributed by atoms with van der Waals surface area (Å²) in [5, 5.41) is 6.55. The standard InChI is InChI=1S/C21H21ClN4O2/c1-13-4-6-15(7-5-13)12-24-20(27)17-8-9-23-21(25-17)26-18-10-14(2)16(22)11-19(18)28-3/h4-11H,12H2,1-3H3,(H,24,27)(H,23,25,26). The number of aryl methyl sites for hydroxylation is 2. The third-order valence-corrected chi connectivity index (χ3v) is 4.60. The fraction of sp³-hybridized carbons (Fsp3) is 0.190. The first-order valence-corrected chi connectivity index (χ1v) is 9.12. The molecule has 2 aromatic carbocycles. The lowest BCUT2D eigenvalue weighted by molar-refractivity contribution is 0.0946. The van der Waals surface area contributed by atoms with Gasteiger partial charge in [0.15, 0.2) is 0 Å². The summed E-state index contributed by atoms with van der Waals surface area (Å²) in [5.41, 5.74) is 4.02. The monoisotopic (exact) mass is 396 g/mol. The van der Waals surface area contributed by atoms with Gasteiger partial charge < -0.3 is 15.4 Å². The Morgan fingerprint density at radius 1 is 1.14 bits per heavy atom. The highest BCUT2D eigenvalue weighted by molar-refractivity contribution is 6.31. The molecular weight excluding hydrogens is 376 g/mol. The number of carbonyl (C=O) groups is 1. The molecule has 3 rings (SSSR count). The van der Waals surface area contributed by atoms with Crippen LogP contribution < -0.4 is 15.4 Å². The van der Waals surface area contributed by atoms with Crippen LogP contribution in [0.25, 0.3) is 0 Å². The van der Waals surface area contributed by atoms with E-state index in [1.165, 1.54) is 11.8 Å². The predicted molar refractivity (Wildman–Crippen MR) is 110 cm³/mol. The second-order valence-electron chi connectivity index (χ2n) is 6.36. The van der Waals surface area contributed by atoms with E-state index >= 15 is 0 Å². The van der Waals surface area contributed by atoms with E-state index in [1.54, 1.807) is 19.2 Å². The van der Waals surface area contributed by atoms with Crippen molar-refractivity contribution in [2.75, 3.05) is 12.4 Å². The van der Waals surface area contributed by atoms with Crippen LogP contribution in [0.4, 0.5) is 11.6 Å². The number of benzene rings is 2. The minimum absolute atomic E-state index is 0.272. The minimum atomic E-state index is -0.273. The highest BCUT2D eigenvalue weighted by atomic mass is 35.5. The van der Waals surface area contributed by atoms with Gasteiger partial charge in [-0.1, -0.05) is 41.4 Å². The molecule has 144 valence electrons. The summed E-state index contributed by atoms with van der Waals surface area (Å²) in [7, 11) is 1.56. The number of nitrogens with zero attached hydrogens (tertiary/aromatic N) is 2. The molecule has 0 fully saturated rings. The number of halogens is 1. The van der Waals surface area contributed by atoms with Gasteiger partial charge in [-0.3, -0.25) is 4.79 Å². The van der Waals surface area contributed by atoms with Gasteiger partial charge in [0.05, 0.1) is 12.8 Å². The molecule has 7 heteroatoms. The number of amides is 1. The van der Waals surface area contributed by atoms with Crippen LogP contribution >= 0.6 is 11.6 Å². The molecular formula is C21H21ClN4O2. The first-order valence-electron chi connectivity index (χ1n) is 8.74. The van der Waals surface area contributed by atoms with E-state index in [1.807, 2.05) is 44.2 Å². The average Bonchev–Trinajstić information content (AvgIpc) is 2.70. The van der Waals surface area contributed by atoms with E-state index in [0.29, 0.717) is 29.0 Å². The zero-order valence-electron chi connectivity index (χ0n) is 15.9. The molecule has 3 aromatic rings. The van der Waals surface area contributed by atoms with Gasteiger partial charge >= 0.3 is 0 Å². The Morgan fingerprint density at radius 2 is 1.89 bits per heavy atom. The van der Waals surface area contributed by atoms with Crippen molar-refractivity contribution in [3.8, 4) is 5.75 Å². The number of aromatic nitrogens is 2. The Labute approximate surface area is 168 Å². The molecule has 1 heterocycles. The molecule has 0 unspecified atom stereocenters. The van der Waals surface area contributed by atoms with Crippen molar-refractivity contribution in [1.29, 1.82) is 0 Å². The van der Waals surface area contributed by atoms with Gasteiger partial charge in [0.25, 0.3) is 5.91 Å². The van der Waals surface area contributed by atoms with Crippen molar-refractivity contribution >= 4 is 29.1 Å². The maximum absolute atomic E-state index is 12.4. The molecule has 1 amide bonds. The smallest absolute Gasteiger partial charge is 0.270 e. The third kappa shape index (κ3) is 4.78. The highest BCUT2D eigenvalue weighted by Gasteiger charge is 2.12. The Hall–Kier alpha value is -3.12. The molecule has 0 aliphatic carbocycles. The molecule has 0 aliphatic rings. The number of hydrogen-bond acceptors (Lipinski definition) is 5. The van der Waals surface area contributed by atoms with Crippen molar-refractivity contribution in [2.45, 2.75) is 20.4 Å². The van der Waals surface area contributed by atoms with Crippen molar-refractivity contribution in [3.63, 3.8) is 0 Å². The molecule has 0 aliphatic heterocycles. The summed E-state index contributed by atoms with van der Waals surface area (Å²) in [4.78, 5) is 20.9. The molecule has 28 heavy (non-hydrogen) atoms. The molecule has 2 N–H and O–H groups in total. The Morgan fingerprint density at radius 3 is 2.61 bits per heavy atom. The van der Waals surface area contributed by atoms with Crippen molar-refractivity contribution < 1.29 is 9.53 Å². The van der Waals surface area contributed by atoms with E-state index in [-0.39, 0.29) is 11.6 Å². The van der Waals surface area contributed by atoms with Crippen molar-refractivity contribution in [2.24, 2.45) is 0 Å². The lowest BCUT2D eigenvalue weighted by Gasteiger charge is -2.12. The predicted octanol–water partition coefficient (Wildman–Crippen LogP) is 4.43. The molecule has 0 saturated heterocycles. The van der Waals surface area contributed by atoms with E-state index < -0.39 is 0 Å². The van der Waals surface area contributed by atoms with Crippen LogP contribution in [0, 0.1) is 13.8 Å². The number of nitrogens with one attached hydrogen (secondary N) is 2. The van der Waals surface area contributed by atoms with Crippen LogP contribution in [0.15, 0.2) is 48.7 Å². The average molecular weight is 397 g/mol. The summed E-state index contributed by atoms with van der Waals surface area (Å²) >= 11 is 6.14. The Bertz CT molecular complexity index is 990. The Balaban J connectivity index is 1.72. The summed E-state index contributed by atoms with van der Waals surface area (Å²) in [6.07, 6.45) is 1.53. The van der Waals surface area contributed by atoms with Gasteiger partial charge in [-0.15, -0.1) is 0 Å². The van der Waals surface area contributed by atoms with Gasteiger partial charge in [0, 0.05) is 23.8 Å². The number of carbonyl (C=O) groups excluding carboxylic acids is 1. The second-order valence-corrected chi connectivity index (χ2v) is 6.77. The summed E-state index contributed by atoms with van der Waals surface area (Å²) in [5.74, 6) is 0.585. The number of methoxy groups -OCH3 is 1. The molecule has 0 saturated carbocycles. The second kappa shape index (κ2) is 8.71. The molecule has 0 radical (unpaired) electrons. The first kappa shape index (κ1) is 19.6. The normalized spacial score (nSPS) is 10.4. The maximum atomic E-state index is 12.4. The SMILES string of the molecule is COc1cc(Cl)c(C)cc1Nc1nccc(C(=O)NCc2ccc(C)cc2)n1. The molecule has 1 aromatic heterocycles. The van der Waals surface area contributed by atoms with E-state index in [0.717, 1.165) is 11.1 Å². The largest absolute Gasteiger partial charge is 0.495 e. The van der Waals surface area contributed by atoms with E-state index in [9.17, 15) is 4.79 Å². The quantitative estimate of drug-likeness (QED) is 0.644. The first-order chi connectivity index (χ1) is 13.5. The summed E-state index contributed by atoms with van der Waals surface area (Å²) in [6, 6.07) is 13.1. The van der Waals surface area contributed by atoms with Crippen molar-refractivity contribution in [1.82, 2.24) is 15.3 Å². The van der Waals surface area contributed by atoms with Gasteiger partial charge in [-0.25, -0.2) is 9.97 Å². The van der Waals surface area contributed by atoms with Gasteiger partial charge in [-0.2, -0.15) is 0 Å². The molecule has 6 nitrogen and oxygen atoms in total. The van der Waals surface area contributed by atoms with Crippen LogP contribution in [0.5, 0.6) is 5.75 Å². The topological polar surface area (TPSA) is 76.1 Å². The highest BCUT2D eigenvalue weighted by Crippen LogP contribution is 2.32. The van der Waals surface area contributed by atoms with Crippen LogP contribution in [0.3, 0.4) is 0 Å². The fourth-order valence-electron chi connectivity index (χ4n) is 2.57. The number of rotatable bonds is 6. The number of hydrogen-bond donors (Lipinski definition) is 2. The molecule has 0 bridgehead atoms. The van der Waals surface area contributed by atoms with Crippen LogP contribution in [0.1, 0.15) is 27.2 Å². The van der Waals surface area contributed by atoms with Crippen LogP contribution in [0.2, 0.25) is 5.02 Å². The lowest BCUT2D eigenvalue weighted by Crippen LogP contribution is -2.24. The minimum Gasteiger partial charge on any atom is -0.495 e. The van der Waals surface area contributed by atoms with Crippen LogP contribution in [-0.2, 0) is 6.54 Å². The zero-order valence-corrected chi connectivity index (χ0v) is 16.7. The Kier molecular flexibility index (Phi) is 6.11. The van der Waals surface area contributed by atoms with Gasteiger partial charge in [0.1, 0.15) is 11.4 Å². The van der Waals surface area contributed by atoms with Gasteiger partial charge in [0.2, 0.25) is 5.95 Å². The van der Waals surface area contributed by atoms with Gasteiger partial charge in [-0.05, 0) is 37.1 Å². The van der Waals surface area contributed by atoms with Crippen molar-refractivity contribution in [3.05, 3.63) is 76.1 Å². The maximum Gasteiger partial charge on any atom is 0.270 e. The number of ether oxygens (including phenoxy) is 1. The fourth-order valence-corrected chi connectivity index (χ4v) is 2.73.